The van der Waals surface area contributed by atoms with E-state index in [4.69, 9.17) is 6.42 Å². The van der Waals surface area contributed by atoms with Crippen LogP contribution in [0.5, 0.6) is 0 Å². The molecule has 0 heterocycles. The molecule has 1 rings (SSSR count). The van der Waals surface area contributed by atoms with Crippen molar-refractivity contribution in [3.63, 3.8) is 0 Å². The highest BCUT2D eigenvalue weighted by Gasteiger charge is 2.15. The van der Waals surface area contributed by atoms with Crippen molar-refractivity contribution in [3.05, 3.63) is 0 Å². The van der Waals surface area contributed by atoms with Gasteiger partial charge in [0, 0.05) is 6.42 Å². The number of hydrogen-bond donors (Lipinski definition) is 1. The van der Waals surface area contributed by atoms with Gasteiger partial charge in [-0.2, -0.15) is 0 Å². The highest BCUT2D eigenvalue weighted by molar-refractivity contribution is 4.83. The Bertz CT molecular complexity index is 142. The van der Waals surface area contributed by atoms with Gasteiger partial charge in [-0.1, -0.05) is 19.3 Å². The van der Waals surface area contributed by atoms with Gasteiger partial charge in [-0.15, -0.1) is 12.3 Å². The highest BCUT2D eigenvalue weighted by atomic mass is 14.8. The van der Waals surface area contributed by atoms with Gasteiger partial charge in [-0.25, -0.2) is 0 Å². The molecule has 1 aliphatic carbocycles. The van der Waals surface area contributed by atoms with Crippen LogP contribution >= 0.6 is 0 Å². The molecule has 1 fully saturated rings. The van der Waals surface area contributed by atoms with Crippen molar-refractivity contribution < 1.29 is 0 Å². The third-order valence-electron chi connectivity index (χ3n) is 2.63. The summed E-state index contributed by atoms with van der Waals surface area (Å²) in [5, 5.41) is 3.42. The van der Waals surface area contributed by atoms with E-state index in [0.29, 0.717) is 0 Å². The van der Waals surface area contributed by atoms with Crippen LogP contribution in [0.15, 0.2) is 0 Å². The second kappa shape index (κ2) is 6.08. The summed E-state index contributed by atoms with van der Waals surface area (Å²) in [4.78, 5) is 0. The monoisotopic (exact) mass is 165 g/mol. The summed E-state index contributed by atoms with van der Waals surface area (Å²) in [6.07, 6.45) is 12.9. The Balaban J connectivity index is 1.74. The predicted octanol–water partition coefficient (Wildman–Crippen LogP) is 2.18. The van der Waals surface area contributed by atoms with Crippen LogP contribution in [-0.4, -0.2) is 13.1 Å². The van der Waals surface area contributed by atoms with E-state index in [2.05, 4.69) is 11.2 Å². The Morgan fingerprint density at radius 2 is 2.17 bits per heavy atom. The first-order chi connectivity index (χ1) is 5.93. The summed E-state index contributed by atoms with van der Waals surface area (Å²) >= 11 is 0. The fraction of sp³-hybridized carbons (Fsp3) is 0.818. The number of terminal acetylenes is 1. The minimum atomic E-state index is 0.913. The molecule has 1 aliphatic rings. The topological polar surface area (TPSA) is 12.0 Å². The van der Waals surface area contributed by atoms with E-state index in [1.807, 2.05) is 0 Å². The SMILES string of the molecule is C#CCCCNCCC1CCC1. The van der Waals surface area contributed by atoms with E-state index in [9.17, 15) is 0 Å². The van der Waals surface area contributed by atoms with Crippen LogP contribution < -0.4 is 5.32 Å². The Morgan fingerprint density at radius 1 is 1.33 bits per heavy atom. The van der Waals surface area contributed by atoms with Crippen LogP contribution in [-0.2, 0) is 0 Å². The lowest BCUT2D eigenvalue weighted by Crippen LogP contribution is -2.22. The van der Waals surface area contributed by atoms with Crippen molar-refractivity contribution in [2.75, 3.05) is 13.1 Å². The molecule has 0 saturated heterocycles. The average molecular weight is 165 g/mol. The summed E-state index contributed by atoms with van der Waals surface area (Å²) in [6, 6.07) is 0. The van der Waals surface area contributed by atoms with E-state index in [1.54, 1.807) is 0 Å². The fourth-order valence-corrected chi connectivity index (χ4v) is 1.53. The molecular weight excluding hydrogens is 146 g/mol. The Morgan fingerprint density at radius 3 is 2.75 bits per heavy atom. The van der Waals surface area contributed by atoms with Crippen molar-refractivity contribution in [2.45, 2.75) is 38.5 Å². The molecule has 0 aromatic carbocycles. The summed E-state index contributed by atoms with van der Waals surface area (Å²) in [5.74, 6) is 3.68. The lowest BCUT2D eigenvalue weighted by Gasteiger charge is -2.25. The molecule has 0 spiro atoms. The normalized spacial score (nSPS) is 16.9. The van der Waals surface area contributed by atoms with Crippen LogP contribution in [0, 0.1) is 18.3 Å². The van der Waals surface area contributed by atoms with E-state index in [-0.39, 0.29) is 0 Å². The van der Waals surface area contributed by atoms with Gasteiger partial charge in [0.2, 0.25) is 0 Å². The Labute approximate surface area is 75.9 Å². The second-order valence-corrected chi connectivity index (χ2v) is 3.64. The van der Waals surface area contributed by atoms with Crippen molar-refractivity contribution in [1.82, 2.24) is 5.32 Å². The molecule has 1 N–H and O–H groups in total. The quantitative estimate of drug-likeness (QED) is 0.470. The number of rotatable bonds is 6. The van der Waals surface area contributed by atoms with Crippen molar-refractivity contribution in [3.8, 4) is 12.3 Å². The maximum atomic E-state index is 5.14. The zero-order chi connectivity index (χ0) is 8.65. The Hall–Kier alpha value is -0.480. The highest BCUT2D eigenvalue weighted by Crippen LogP contribution is 2.28. The van der Waals surface area contributed by atoms with E-state index < -0.39 is 0 Å². The molecule has 1 nitrogen and oxygen atoms in total. The van der Waals surface area contributed by atoms with Crippen molar-refractivity contribution in [2.24, 2.45) is 5.92 Å². The van der Waals surface area contributed by atoms with Crippen LogP contribution in [0.3, 0.4) is 0 Å². The van der Waals surface area contributed by atoms with Crippen LogP contribution in [0.2, 0.25) is 0 Å². The van der Waals surface area contributed by atoms with Gasteiger partial charge in [0.15, 0.2) is 0 Å². The summed E-state index contributed by atoms with van der Waals surface area (Å²) < 4.78 is 0. The van der Waals surface area contributed by atoms with Crippen LogP contribution in [0.1, 0.15) is 38.5 Å². The van der Waals surface area contributed by atoms with E-state index in [0.717, 1.165) is 25.3 Å². The molecular formula is C11H19N. The molecule has 12 heavy (non-hydrogen) atoms. The first kappa shape index (κ1) is 9.61. The third kappa shape index (κ3) is 3.78. The fourth-order valence-electron chi connectivity index (χ4n) is 1.53. The van der Waals surface area contributed by atoms with E-state index >= 15 is 0 Å². The lowest BCUT2D eigenvalue weighted by atomic mass is 9.83. The largest absolute Gasteiger partial charge is 0.317 e. The second-order valence-electron chi connectivity index (χ2n) is 3.64. The van der Waals surface area contributed by atoms with Crippen LogP contribution in [0.4, 0.5) is 0 Å². The molecule has 0 aliphatic heterocycles. The van der Waals surface area contributed by atoms with Gasteiger partial charge in [0.1, 0.15) is 0 Å². The van der Waals surface area contributed by atoms with Crippen LogP contribution in [0.25, 0.3) is 0 Å². The van der Waals surface area contributed by atoms with Crippen molar-refractivity contribution >= 4 is 0 Å². The number of nitrogens with one attached hydrogen (secondary N) is 1. The molecule has 0 radical (unpaired) electrons. The lowest BCUT2D eigenvalue weighted by molar-refractivity contribution is 0.292. The third-order valence-corrected chi connectivity index (χ3v) is 2.63. The predicted molar refractivity (Wildman–Crippen MR) is 52.9 cm³/mol. The van der Waals surface area contributed by atoms with Gasteiger partial charge in [-0.3, -0.25) is 0 Å². The molecule has 1 saturated carbocycles. The molecule has 0 amide bonds. The molecule has 0 aromatic rings. The molecule has 0 unspecified atom stereocenters. The summed E-state index contributed by atoms with van der Waals surface area (Å²) in [7, 11) is 0. The smallest absolute Gasteiger partial charge is 0.00981 e. The molecule has 0 bridgehead atoms. The molecule has 1 heteroatoms. The minimum absolute atomic E-state index is 0.913. The minimum Gasteiger partial charge on any atom is -0.317 e. The van der Waals surface area contributed by atoms with Gasteiger partial charge < -0.3 is 5.32 Å². The average Bonchev–Trinajstić information content (AvgIpc) is 2.00. The first-order valence-corrected chi connectivity index (χ1v) is 5.07. The van der Waals surface area contributed by atoms with Crippen molar-refractivity contribution in [1.29, 1.82) is 0 Å². The first-order valence-electron chi connectivity index (χ1n) is 5.07. The zero-order valence-electron chi connectivity index (χ0n) is 7.81. The number of unbranched alkanes of at least 4 members (excludes halogenated alkanes) is 1. The Kier molecular flexibility index (Phi) is 4.87. The van der Waals surface area contributed by atoms with Gasteiger partial charge in [0.25, 0.3) is 0 Å². The standard InChI is InChI=1S/C11H19N/c1-2-3-4-9-12-10-8-11-6-5-7-11/h1,11-12H,3-10H2. The number of hydrogen-bond acceptors (Lipinski definition) is 1. The van der Waals surface area contributed by atoms with E-state index in [1.165, 1.54) is 32.2 Å². The molecule has 0 aromatic heterocycles. The summed E-state index contributed by atoms with van der Waals surface area (Å²) in [6.45, 7) is 2.28. The molecule has 0 atom stereocenters. The maximum Gasteiger partial charge on any atom is 0.00981 e. The zero-order valence-corrected chi connectivity index (χ0v) is 7.81. The van der Waals surface area contributed by atoms with Gasteiger partial charge in [-0.05, 0) is 31.8 Å². The summed E-state index contributed by atoms with van der Waals surface area (Å²) in [5.41, 5.74) is 0. The maximum absolute atomic E-state index is 5.14. The van der Waals surface area contributed by atoms with Gasteiger partial charge >= 0.3 is 0 Å². The van der Waals surface area contributed by atoms with Gasteiger partial charge in [0.05, 0.1) is 0 Å². The molecule has 68 valence electrons.